The number of nitrogens with zero attached hydrogens (tertiary/aromatic N) is 3. The standard InChI is InChI=1S/C12H22N4OS/c1-3-13-12-15-14-11(18-12)9-16-7-5-6-10(8-16)17-4-2/h10H,3-9H2,1-2H3,(H,13,15). The maximum atomic E-state index is 5.71. The second-order valence-corrected chi connectivity index (χ2v) is 5.55. The van der Waals surface area contributed by atoms with Gasteiger partial charge in [-0.15, -0.1) is 10.2 Å². The van der Waals surface area contributed by atoms with Crippen molar-refractivity contribution in [1.29, 1.82) is 0 Å². The molecule has 6 heteroatoms. The summed E-state index contributed by atoms with van der Waals surface area (Å²) in [4.78, 5) is 2.42. The van der Waals surface area contributed by atoms with Gasteiger partial charge in [-0.1, -0.05) is 11.3 Å². The van der Waals surface area contributed by atoms with Gasteiger partial charge < -0.3 is 10.1 Å². The molecule has 0 amide bonds. The Morgan fingerprint density at radius 3 is 3.11 bits per heavy atom. The number of likely N-dealkylation sites (tertiary alicyclic amines) is 1. The molecule has 0 aliphatic carbocycles. The van der Waals surface area contributed by atoms with Crippen LogP contribution in [0.1, 0.15) is 31.7 Å². The molecule has 0 bridgehead atoms. The van der Waals surface area contributed by atoms with E-state index in [4.69, 9.17) is 4.74 Å². The first kappa shape index (κ1) is 13.7. The van der Waals surface area contributed by atoms with E-state index in [0.717, 1.165) is 42.9 Å². The van der Waals surface area contributed by atoms with E-state index in [-0.39, 0.29) is 0 Å². The van der Waals surface area contributed by atoms with E-state index in [9.17, 15) is 0 Å². The highest BCUT2D eigenvalue weighted by atomic mass is 32.1. The fourth-order valence-electron chi connectivity index (χ4n) is 2.26. The number of anilines is 1. The molecule has 5 nitrogen and oxygen atoms in total. The molecule has 2 heterocycles. The number of ether oxygens (including phenoxy) is 1. The van der Waals surface area contributed by atoms with Crippen molar-refractivity contribution in [3.63, 3.8) is 0 Å². The van der Waals surface area contributed by atoms with Crippen molar-refractivity contribution in [2.75, 3.05) is 31.6 Å². The number of nitrogens with one attached hydrogen (secondary N) is 1. The third-order valence-electron chi connectivity index (χ3n) is 3.02. The maximum absolute atomic E-state index is 5.71. The largest absolute Gasteiger partial charge is 0.377 e. The van der Waals surface area contributed by atoms with Crippen molar-refractivity contribution < 1.29 is 4.74 Å². The lowest BCUT2D eigenvalue weighted by Gasteiger charge is -2.31. The number of hydrogen-bond donors (Lipinski definition) is 1. The summed E-state index contributed by atoms with van der Waals surface area (Å²) in [6.45, 7) is 8.88. The lowest BCUT2D eigenvalue weighted by atomic mass is 10.1. The summed E-state index contributed by atoms with van der Waals surface area (Å²) < 4.78 is 5.71. The summed E-state index contributed by atoms with van der Waals surface area (Å²) in [5, 5.41) is 13.6. The van der Waals surface area contributed by atoms with Crippen molar-refractivity contribution in [2.24, 2.45) is 0 Å². The summed E-state index contributed by atoms with van der Waals surface area (Å²) in [7, 11) is 0. The van der Waals surface area contributed by atoms with Crippen molar-refractivity contribution in [1.82, 2.24) is 15.1 Å². The monoisotopic (exact) mass is 270 g/mol. The second-order valence-electron chi connectivity index (χ2n) is 4.49. The average molecular weight is 270 g/mol. The molecule has 18 heavy (non-hydrogen) atoms. The number of rotatable bonds is 6. The van der Waals surface area contributed by atoms with Crippen molar-refractivity contribution >= 4 is 16.5 Å². The molecule has 1 saturated heterocycles. The fourth-order valence-corrected chi connectivity index (χ4v) is 3.11. The van der Waals surface area contributed by atoms with Gasteiger partial charge in [-0.05, 0) is 33.2 Å². The summed E-state index contributed by atoms with van der Waals surface area (Å²) in [6.07, 6.45) is 2.79. The molecule has 1 atom stereocenters. The van der Waals surface area contributed by atoms with Gasteiger partial charge in [-0.25, -0.2) is 0 Å². The molecule has 1 unspecified atom stereocenters. The molecule has 1 N–H and O–H groups in total. The quantitative estimate of drug-likeness (QED) is 0.856. The summed E-state index contributed by atoms with van der Waals surface area (Å²) in [6, 6.07) is 0. The summed E-state index contributed by atoms with van der Waals surface area (Å²) in [5.41, 5.74) is 0. The van der Waals surface area contributed by atoms with Gasteiger partial charge in [0.15, 0.2) is 0 Å². The van der Waals surface area contributed by atoms with Crippen molar-refractivity contribution in [3.05, 3.63) is 5.01 Å². The Labute approximate surface area is 113 Å². The first-order valence-electron chi connectivity index (χ1n) is 6.72. The first-order valence-corrected chi connectivity index (χ1v) is 7.53. The van der Waals surface area contributed by atoms with E-state index in [1.807, 2.05) is 0 Å². The van der Waals surface area contributed by atoms with E-state index < -0.39 is 0 Å². The van der Waals surface area contributed by atoms with Crippen LogP contribution in [0.4, 0.5) is 5.13 Å². The summed E-state index contributed by atoms with van der Waals surface area (Å²) >= 11 is 1.65. The first-order chi connectivity index (χ1) is 8.81. The van der Waals surface area contributed by atoms with Gasteiger partial charge in [-0.3, -0.25) is 4.90 Å². The molecular formula is C12H22N4OS. The Bertz CT molecular complexity index is 356. The van der Waals surface area contributed by atoms with Crippen molar-refractivity contribution in [3.8, 4) is 0 Å². The molecular weight excluding hydrogens is 248 g/mol. The van der Waals surface area contributed by atoms with E-state index >= 15 is 0 Å². The minimum atomic E-state index is 0.393. The van der Waals surface area contributed by atoms with Gasteiger partial charge in [0.25, 0.3) is 0 Å². The SMILES string of the molecule is CCNc1nnc(CN2CCCC(OCC)C2)s1. The van der Waals surface area contributed by atoms with Crippen LogP contribution in [0, 0.1) is 0 Å². The minimum absolute atomic E-state index is 0.393. The van der Waals surface area contributed by atoms with E-state index in [2.05, 4.69) is 34.3 Å². The lowest BCUT2D eigenvalue weighted by molar-refractivity contribution is 0.00357. The van der Waals surface area contributed by atoms with E-state index in [1.54, 1.807) is 11.3 Å². The fraction of sp³-hybridized carbons (Fsp3) is 0.833. The number of piperidine rings is 1. The normalized spacial score (nSPS) is 21.1. The van der Waals surface area contributed by atoms with Crippen LogP contribution in [0.25, 0.3) is 0 Å². The van der Waals surface area contributed by atoms with Crippen LogP contribution < -0.4 is 5.32 Å². The highest BCUT2D eigenvalue weighted by Gasteiger charge is 2.21. The molecule has 1 fully saturated rings. The molecule has 1 aliphatic heterocycles. The van der Waals surface area contributed by atoms with Crippen LogP contribution in [0.15, 0.2) is 0 Å². The molecule has 0 spiro atoms. The highest BCUT2D eigenvalue weighted by Crippen LogP contribution is 2.20. The van der Waals surface area contributed by atoms with Crippen LogP contribution in [0.2, 0.25) is 0 Å². The molecule has 102 valence electrons. The molecule has 0 saturated carbocycles. The molecule has 1 aromatic rings. The Kier molecular flexibility index (Phi) is 5.34. The van der Waals surface area contributed by atoms with Crippen LogP contribution >= 0.6 is 11.3 Å². The smallest absolute Gasteiger partial charge is 0.205 e. The zero-order chi connectivity index (χ0) is 12.8. The maximum Gasteiger partial charge on any atom is 0.205 e. The number of hydrogen-bond acceptors (Lipinski definition) is 6. The lowest BCUT2D eigenvalue weighted by Crippen LogP contribution is -2.39. The Morgan fingerprint density at radius 1 is 1.44 bits per heavy atom. The van der Waals surface area contributed by atoms with Crippen LogP contribution in [-0.2, 0) is 11.3 Å². The van der Waals surface area contributed by atoms with Crippen LogP contribution in [-0.4, -0.2) is 47.4 Å². The zero-order valence-corrected chi connectivity index (χ0v) is 12.0. The highest BCUT2D eigenvalue weighted by molar-refractivity contribution is 7.15. The number of aromatic nitrogens is 2. The van der Waals surface area contributed by atoms with Gasteiger partial charge in [0.1, 0.15) is 5.01 Å². The third kappa shape index (κ3) is 3.90. The zero-order valence-electron chi connectivity index (χ0n) is 11.2. The Balaban J connectivity index is 1.84. The van der Waals surface area contributed by atoms with Gasteiger partial charge >= 0.3 is 0 Å². The second kappa shape index (κ2) is 7.01. The topological polar surface area (TPSA) is 50.3 Å². The van der Waals surface area contributed by atoms with Crippen molar-refractivity contribution in [2.45, 2.75) is 39.3 Å². The van der Waals surface area contributed by atoms with Gasteiger partial charge in [0, 0.05) is 19.7 Å². The molecule has 1 aromatic heterocycles. The predicted octanol–water partition coefficient (Wildman–Crippen LogP) is 1.97. The Morgan fingerprint density at radius 2 is 2.33 bits per heavy atom. The van der Waals surface area contributed by atoms with Gasteiger partial charge in [0.2, 0.25) is 5.13 Å². The summed E-state index contributed by atoms with van der Waals surface area (Å²) in [5.74, 6) is 0. The van der Waals surface area contributed by atoms with Gasteiger partial charge in [0.05, 0.1) is 12.6 Å². The third-order valence-corrected chi connectivity index (χ3v) is 3.88. The van der Waals surface area contributed by atoms with Crippen LogP contribution in [0.3, 0.4) is 0 Å². The molecule has 0 radical (unpaired) electrons. The predicted molar refractivity (Wildman–Crippen MR) is 74.0 cm³/mol. The van der Waals surface area contributed by atoms with E-state index in [0.29, 0.717) is 6.10 Å². The minimum Gasteiger partial charge on any atom is -0.377 e. The Hall–Kier alpha value is -0.720. The molecule has 2 rings (SSSR count). The molecule has 1 aliphatic rings. The van der Waals surface area contributed by atoms with Gasteiger partial charge in [-0.2, -0.15) is 0 Å². The molecule has 0 aromatic carbocycles. The average Bonchev–Trinajstić information content (AvgIpc) is 2.78. The van der Waals surface area contributed by atoms with E-state index in [1.165, 1.54) is 12.8 Å². The van der Waals surface area contributed by atoms with Crippen LogP contribution in [0.5, 0.6) is 0 Å².